The van der Waals surface area contributed by atoms with E-state index in [1.54, 1.807) is 12.3 Å². The first-order valence-electron chi connectivity index (χ1n) is 5.08. The predicted molar refractivity (Wildman–Crippen MR) is 62.9 cm³/mol. The molecular weight excluding hydrogens is 190 g/mol. The fourth-order valence-corrected chi connectivity index (χ4v) is 0.935. The lowest BCUT2D eigenvalue weighted by Gasteiger charge is -2.10. The van der Waals surface area contributed by atoms with Crippen molar-refractivity contribution in [3.05, 3.63) is 23.9 Å². The van der Waals surface area contributed by atoms with Gasteiger partial charge in [-0.1, -0.05) is 39.8 Å². The molecule has 1 heterocycles. The van der Waals surface area contributed by atoms with E-state index in [2.05, 4.69) is 9.73 Å². The largest absolute Gasteiger partial charge is 0.464 e. The first kappa shape index (κ1) is 13.6. The fourth-order valence-electron chi connectivity index (χ4n) is 0.935. The summed E-state index contributed by atoms with van der Waals surface area (Å²) < 4.78 is 4.56. The molecular formula is C12H19NO2. The van der Waals surface area contributed by atoms with Gasteiger partial charge < -0.3 is 4.74 Å². The molecule has 3 heteroatoms. The monoisotopic (exact) mass is 209 g/mol. The second kappa shape index (κ2) is 6.17. The fraction of sp³-hybridized carbons (Fsp3) is 0.500. The van der Waals surface area contributed by atoms with Gasteiger partial charge in [0.2, 0.25) is 0 Å². The van der Waals surface area contributed by atoms with Crippen LogP contribution in [-0.2, 0) is 9.53 Å². The van der Waals surface area contributed by atoms with Crippen LogP contribution in [0.3, 0.4) is 0 Å². The molecule has 1 aliphatic rings. The van der Waals surface area contributed by atoms with Crippen LogP contribution in [0.1, 0.15) is 27.7 Å². The Bertz CT molecular complexity index is 299. The number of methoxy groups -OCH3 is 1. The number of rotatable bonds is 1. The second-order valence-corrected chi connectivity index (χ2v) is 3.48. The second-order valence-electron chi connectivity index (χ2n) is 3.48. The number of carbonyl (C=O) groups is 1. The molecule has 0 fully saturated rings. The molecule has 3 nitrogen and oxygen atoms in total. The molecule has 0 spiro atoms. The van der Waals surface area contributed by atoms with Crippen LogP contribution in [0.25, 0.3) is 0 Å². The number of esters is 1. The minimum atomic E-state index is -0.404. The van der Waals surface area contributed by atoms with Crippen LogP contribution in [0, 0.1) is 5.41 Å². The summed E-state index contributed by atoms with van der Waals surface area (Å²) in [4.78, 5) is 15.1. The SMILES string of the molecule is CC.COC(=O)C1=CC=CC(C)(C)C=N1. The van der Waals surface area contributed by atoms with E-state index in [1.807, 2.05) is 39.8 Å². The third-order valence-corrected chi connectivity index (χ3v) is 1.71. The highest BCUT2D eigenvalue weighted by molar-refractivity contribution is 5.91. The standard InChI is InChI=1S/C10H13NO2.C2H6/c1-10(2)6-4-5-8(11-7-10)9(12)13-3;1-2/h4-7H,1-3H3;1-2H3. The molecule has 1 aliphatic heterocycles. The molecule has 0 aromatic rings. The Morgan fingerprint density at radius 1 is 1.40 bits per heavy atom. The Morgan fingerprint density at radius 3 is 2.53 bits per heavy atom. The van der Waals surface area contributed by atoms with Gasteiger partial charge in [-0.2, -0.15) is 0 Å². The molecule has 0 saturated carbocycles. The summed E-state index contributed by atoms with van der Waals surface area (Å²) in [5, 5.41) is 0. The summed E-state index contributed by atoms with van der Waals surface area (Å²) in [5.41, 5.74) is 0.232. The van der Waals surface area contributed by atoms with Gasteiger partial charge in [0.05, 0.1) is 7.11 Å². The Labute approximate surface area is 91.5 Å². The number of nitrogens with zero attached hydrogens (tertiary/aromatic N) is 1. The lowest BCUT2D eigenvalue weighted by atomic mass is 9.95. The molecule has 0 aromatic carbocycles. The highest BCUT2D eigenvalue weighted by Gasteiger charge is 2.14. The zero-order valence-corrected chi connectivity index (χ0v) is 10.1. The lowest BCUT2D eigenvalue weighted by molar-refractivity contribution is -0.136. The number of carbonyl (C=O) groups excluding carboxylic acids is 1. The topological polar surface area (TPSA) is 38.7 Å². The summed E-state index contributed by atoms with van der Waals surface area (Å²) >= 11 is 0. The van der Waals surface area contributed by atoms with Crippen molar-refractivity contribution in [1.82, 2.24) is 0 Å². The van der Waals surface area contributed by atoms with E-state index in [0.717, 1.165) is 0 Å². The van der Waals surface area contributed by atoms with Crippen molar-refractivity contribution in [1.29, 1.82) is 0 Å². The quantitative estimate of drug-likeness (QED) is 0.623. The molecule has 0 amide bonds. The summed E-state index contributed by atoms with van der Waals surface area (Å²) in [6, 6.07) is 0. The number of hydrogen-bond acceptors (Lipinski definition) is 3. The molecule has 0 radical (unpaired) electrons. The molecule has 15 heavy (non-hydrogen) atoms. The van der Waals surface area contributed by atoms with Gasteiger partial charge in [-0.25, -0.2) is 4.79 Å². The average Bonchev–Trinajstić information content (AvgIpc) is 2.41. The molecule has 0 aliphatic carbocycles. The Balaban J connectivity index is 0.000000921. The highest BCUT2D eigenvalue weighted by Crippen LogP contribution is 2.18. The van der Waals surface area contributed by atoms with Gasteiger partial charge in [-0.15, -0.1) is 0 Å². The van der Waals surface area contributed by atoms with Gasteiger partial charge in [-0.05, 0) is 6.08 Å². The Kier molecular flexibility index (Phi) is 5.60. The number of ether oxygens (including phenoxy) is 1. The maximum Gasteiger partial charge on any atom is 0.356 e. The number of aliphatic imine (C=N–C) groups is 1. The van der Waals surface area contributed by atoms with E-state index in [4.69, 9.17) is 0 Å². The van der Waals surface area contributed by atoms with Crippen molar-refractivity contribution < 1.29 is 9.53 Å². The summed E-state index contributed by atoms with van der Waals surface area (Å²) in [6.07, 6.45) is 7.18. The van der Waals surface area contributed by atoms with E-state index < -0.39 is 5.97 Å². The van der Waals surface area contributed by atoms with E-state index >= 15 is 0 Å². The van der Waals surface area contributed by atoms with Crippen LogP contribution in [0.4, 0.5) is 0 Å². The van der Waals surface area contributed by atoms with Crippen molar-refractivity contribution in [2.45, 2.75) is 27.7 Å². The molecule has 84 valence electrons. The summed E-state index contributed by atoms with van der Waals surface area (Å²) in [5.74, 6) is -0.404. The summed E-state index contributed by atoms with van der Waals surface area (Å²) in [7, 11) is 1.35. The van der Waals surface area contributed by atoms with Crippen LogP contribution in [0.15, 0.2) is 28.9 Å². The molecule has 0 saturated heterocycles. The third kappa shape index (κ3) is 4.58. The van der Waals surface area contributed by atoms with Gasteiger partial charge in [0.1, 0.15) is 5.70 Å². The van der Waals surface area contributed by atoms with Gasteiger partial charge in [0, 0.05) is 11.6 Å². The van der Waals surface area contributed by atoms with Gasteiger partial charge in [-0.3, -0.25) is 4.99 Å². The van der Waals surface area contributed by atoms with Crippen molar-refractivity contribution in [2.24, 2.45) is 10.4 Å². The molecule has 1 rings (SSSR count). The molecule has 0 unspecified atom stereocenters. The lowest BCUT2D eigenvalue weighted by Crippen LogP contribution is -2.09. The molecule has 0 N–H and O–H groups in total. The van der Waals surface area contributed by atoms with Gasteiger partial charge in [0.25, 0.3) is 0 Å². The first-order valence-corrected chi connectivity index (χ1v) is 5.08. The number of hydrogen-bond donors (Lipinski definition) is 0. The normalized spacial score (nSPS) is 17.0. The van der Waals surface area contributed by atoms with Crippen LogP contribution in [-0.4, -0.2) is 19.3 Å². The van der Waals surface area contributed by atoms with Crippen LogP contribution < -0.4 is 0 Å². The average molecular weight is 209 g/mol. The highest BCUT2D eigenvalue weighted by atomic mass is 16.5. The maximum absolute atomic E-state index is 11.1. The van der Waals surface area contributed by atoms with Crippen molar-refractivity contribution in [2.75, 3.05) is 7.11 Å². The minimum absolute atomic E-state index is 0.105. The zero-order chi connectivity index (χ0) is 11.9. The van der Waals surface area contributed by atoms with Crippen molar-refractivity contribution in [3.8, 4) is 0 Å². The van der Waals surface area contributed by atoms with E-state index in [-0.39, 0.29) is 5.41 Å². The number of allylic oxidation sites excluding steroid dienone is 3. The third-order valence-electron chi connectivity index (χ3n) is 1.71. The van der Waals surface area contributed by atoms with Crippen LogP contribution in [0.2, 0.25) is 0 Å². The first-order chi connectivity index (χ1) is 7.05. The zero-order valence-electron chi connectivity index (χ0n) is 10.1. The molecule has 0 bridgehead atoms. The minimum Gasteiger partial charge on any atom is -0.464 e. The van der Waals surface area contributed by atoms with Crippen molar-refractivity contribution in [3.63, 3.8) is 0 Å². The van der Waals surface area contributed by atoms with Crippen LogP contribution in [0.5, 0.6) is 0 Å². The smallest absolute Gasteiger partial charge is 0.356 e. The maximum atomic E-state index is 11.1. The van der Waals surface area contributed by atoms with Gasteiger partial charge in [0.15, 0.2) is 0 Å². The Hall–Kier alpha value is -1.38. The van der Waals surface area contributed by atoms with E-state index in [9.17, 15) is 4.79 Å². The molecule has 0 aromatic heterocycles. The Morgan fingerprint density at radius 2 is 2.00 bits per heavy atom. The van der Waals surface area contributed by atoms with Crippen LogP contribution >= 0.6 is 0 Å². The van der Waals surface area contributed by atoms with Gasteiger partial charge >= 0.3 is 5.97 Å². The summed E-state index contributed by atoms with van der Waals surface area (Å²) in [6.45, 7) is 8.03. The molecule has 0 atom stereocenters. The van der Waals surface area contributed by atoms with Crippen molar-refractivity contribution >= 4 is 12.2 Å². The van der Waals surface area contributed by atoms with E-state index in [1.165, 1.54) is 7.11 Å². The predicted octanol–water partition coefficient (Wildman–Crippen LogP) is 2.74. The van der Waals surface area contributed by atoms with E-state index in [0.29, 0.717) is 5.70 Å².